The Balaban J connectivity index is 3.50. The smallest absolute Gasteiger partial charge is 0.294 e. The van der Waals surface area contributed by atoms with Crippen molar-refractivity contribution in [1.29, 1.82) is 0 Å². The summed E-state index contributed by atoms with van der Waals surface area (Å²) in [6, 6.07) is 0. The summed E-state index contributed by atoms with van der Waals surface area (Å²) in [5.41, 5.74) is 0. The fourth-order valence-electron chi connectivity index (χ4n) is 0.224. The van der Waals surface area contributed by atoms with Crippen molar-refractivity contribution in [2.45, 2.75) is 26.1 Å². The Morgan fingerprint density at radius 2 is 2.11 bits per heavy atom. The second-order valence-electron chi connectivity index (χ2n) is 1.77. The Morgan fingerprint density at radius 3 is 2.22 bits per heavy atom. The molecule has 0 aliphatic carbocycles. The summed E-state index contributed by atoms with van der Waals surface area (Å²) in [5.74, 6) is 0. The van der Waals surface area contributed by atoms with Gasteiger partial charge in [0.15, 0.2) is 0 Å². The van der Waals surface area contributed by atoms with Gasteiger partial charge in [-0.2, -0.15) is 0 Å². The van der Waals surface area contributed by atoms with E-state index >= 15 is 0 Å². The molecule has 1 N–H and O–H groups in total. The molecule has 54 valence electrons. The average Bonchev–Trinajstić information content (AvgIpc) is 1.63. The van der Waals surface area contributed by atoms with Crippen LogP contribution in [0.1, 0.15) is 13.8 Å². The summed E-state index contributed by atoms with van der Waals surface area (Å²) in [6.07, 6.45) is -1.56. The highest BCUT2D eigenvalue weighted by molar-refractivity contribution is 4.53. The van der Waals surface area contributed by atoms with Gasteiger partial charge in [0, 0.05) is 0 Å². The molecule has 0 saturated carbocycles. The second-order valence-corrected chi connectivity index (χ2v) is 1.77. The maximum Gasteiger partial charge on any atom is 0.294 e. The van der Waals surface area contributed by atoms with Gasteiger partial charge in [-0.1, -0.05) is 0 Å². The third-order valence-corrected chi connectivity index (χ3v) is 0.932. The SMILES string of the molecule is C[C@H](O)[C@@H](C)O[N+](=O)[O-]. The second kappa shape index (κ2) is 3.24. The van der Waals surface area contributed by atoms with Crippen LogP contribution in [-0.4, -0.2) is 22.4 Å². The molecular formula is C4H9NO4. The van der Waals surface area contributed by atoms with E-state index in [1.165, 1.54) is 13.8 Å². The molecule has 5 nitrogen and oxygen atoms in total. The van der Waals surface area contributed by atoms with Crippen molar-refractivity contribution in [3.63, 3.8) is 0 Å². The molecule has 0 rings (SSSR count). The number of hydrogen-bond acceptors (Lipinski definition) is 4. The summed E-state index contributed by atoms with van der Waals surface area (Å²) in [5, 5.41) is 17.3. The van der Waals surface area contributed by atoms with Crippen molar-refractivity contribution in [2.24, 2.45) is 0 Å². The van der Waals surface area contributed by atoms with Crippen LogP contribution in [0.5, 0.6) is 0 Å². The molecule has 0 saturated heterocycles. The number of rotatable bonds is 3. The third-order valence-electron chi connectivity index (χ3n) is 0.932. The predicted octanol–water partition coefficient (Wildman–Crippen LogP) is -0.0360. The maximum atomic E-state index is 9.59. The highest BCUT2D eigenvalue weighted by Gasteiger charge is 2.11. The number of hydrogen-bond donors (Lipinski definition) is 1. The van der Waals surface area contributed by atoms with Gasteiger partial charge in [0.25, 0.3) is 5.09 Å². The lowest BCUT2D eigenvalue weighted by Crippen LogP contribution is -2.25. The summed E-state index contributed by atoms with van der Waals surface area (Å²) >= 11 is 0. The van der Waals surface area contributed by atoms with E-state index in [-0.39, 0.29) is 0 Å². The van der Waals surface area contributed by atoms with Crippen LogP contribution < -0.4 is 0 Å². The molecule has 0 aromatic rings. The summed E-state index contributed by atoms with van der Waals surface area (Å²) in [7, 11) is 0. The molecule has 0 fully saturated rings. The molecule has 0 amide bonds. The molecule has 0 heterocycles. The maximum absolute atomic E-state index is 9.59. The van der Waals surface area contributed by atoms with E-state index < -0.39 is 17.3 Å². The van der Waals surface area contributed by atoms with E-state index in [1.54, 1.807) is 0 Å². The predicted molar refractivity (Wildman–Crippen MR) is 29.2 cm³/mol. The molecule has 0 radical (unpaired) electrons. The minimum absolute atomic E-state index is 0.750. The topological polar surface area (TPSA) is 72.6 Å². The molecule has 0 aliphatic rings. The Kier molecular flexibility index (Phi) is 2.94. The van der Waals surface area contributed by atoms with Crippen molar-refractivity contribution >= 4 is 0 Å². The number of aliphatic hydroxyl groups excluding tert-OH is 1. The van der Waals surface area contributed by atoms with Gasteiger partial charge >= 0.3 is 0 Å². The lowest BCUT2D eigenvalue weighted by atomic mass is 10.3. The number of aliphatic hydroxyl groups is 1. The largest absolute Gasteiger partial charge is 0.391 e. The van der Waals surface area contributed by atoms with Gasteiger partial charge < -0.3 is 9.94 Å². The van der Waals surface area contributed by atoms with Crippen LogP contribution in [0.4, 0.5) is 0 Å². The van der Waals surface area contributed by atoms with E-state index in [0.717, 1.165) is 0 Å². The van der Waals surface area contributed by atoms with Crippen LogP contribution in [0.15, 0.2) is 0 Å². The summed E-state index contributed by atoms with van der Waals surface area (Å²) < 4.78 is 0. The monoisotopic (exact) mass is 135 g/mol. The zero-order chi connectivity index (χ0) is 7.44. The van der Waals surface area contributed by atoms with Crippen LogP contribution in [0.25, 0.3) is 0 Å². The molecule has 0 unspecified atom stereocenters. The van der Waals surface area contributed by atoms with Crippen LogP contribution >= 0.6 is 0 Å². The first kappa shape index (κ1) is 8.16. The van der Waals surface area contributed by atoms with Gasteiger partial charge in [-0.3, -0.25) is 0 Å². The van der Waals surface area contributed by atoms with Gasteiger partial charge in [-0.05, 0) is 13.8 Å². The van der Waals surface area contributed by atoms with Gasteiger partial charge in [-0.15, -0.1) is 10.1 Å². The molecule has 0 aliphatic heterocycles. The van der Waals surface area contributed by atoms with Crippen molar-refractivity contribution in [3.05, 3.63) is 10.1 Å². The van der Waals surface area contributed by atoms with Crippen LogP contribution in [0.2, 0.25) is 0 Å². The molecule has 0 bridgehead atoms. The first-order valence-electron chi connectivity index (χ1n) is 2.53. The fraction of sp³-hybridized carbons (Fsp3) is 1.00. The molecule has 0 aromatic carbocycles. The summed E-state index contributed by atoms with van der Waals surface area (Å²) in [6.45, 7) is 2.85. The minimum atomic E-state index is -0.919. The highest BCUT2D eigenvalue weighted by atomic mass is 17.0. The van der Waals surface area contributed by atoms with Crippen molar-refractivity contribution in [2.75, 3.05) is 0 Å². The van der Waals surface area contributed by atoms with Crippen LogP contribution in [-0.2, 0) is 4.84 Å². The zero-order valence-electron chi connectivity index (χ0n) is 5.27. The van der Waals surface area contributed by atoms with Gasteiger partial charge in [0.2, 0.25) is 0 Å². The van der Waals surface area contributed by atoms with Gasteiger partial charge in [0.1, 0.15) is 6.10 Å². The van der Waals surface area contributed by atoms with Crippen LogP contribution in [0.3, 0.4) is 0 Å². The quantitative estimate of drug-likeness (QED) is 0.435. The van der Waals surface area contributed by atoms with E-state index in [4.69, 9.17) is 5.11 Å². The Labute approximate surface area is 52.3 Å². The number of nitrogens with zero attached hydrogens (tertiary/aromatic N) is 1. The highest BCUT2D eigenvalue weighted by Crippen LogP contribution is 1.96. The van der Waals surface area contributed by atoms with Gasteiger partial charge in [0.05, 0.1) is 6.10 Å². The molecule has 0 aromatic heterocycles. The van der Waals surface area contributed by atoms with E-state index in [1.807, 2.05) is 0 Å². The first-order chi connectivity index (χ1) is 4.04. The third kappa shape index (κ3) is 3.72. The van der Waals surface area contributed by atoms with Crippen molar-refractivity contribution < 1.29 is 15.0 Å². The fourth-order valence-corrected chi connectivity index (χ4v) is 0.224. The van der Waals surface area contributed by atoms with Crippen molar-refractivity contribution in [1.82, 2.24) is 0 Å². The Morgan fingerprint density at radius 1 is 1.67 bits per heavy atom. The standard InChI is InChI=1S/C4H9NO4/c1-3(6)4(2)9-5(7)8/h3-4,6H,1-2H3/t3-,4+/m0/s1. The average molecular weight is 135 g/mol. The lowest BCUT2D eigenvalue weighted by Gasteiger charge is -2.10. The first-order valence-corrected chi connectivity index (χ1v) is 2.53. The normalized spacial score (nSPS) is 16.3. The molecular weight excluding hydrogens is 126 g/mol. The Hall–Kier alpha value is -0.840. The van der Waals surface area contributed by atoms with Crippen LogP contribution in [0, 0.1) is 10.1 Å². The van der Waals surface area contributed by atoms with Crippen molar-refractivity contribution in [3.8, 4) is 0 Å². The Bertz CT molecular complexity index is 103. The van der Waals surface area contributed by atoms with E-state index in [0.29, 0.717) is 0 Å². The van der Waals surface area contributed by atoms with E-state index in [9.17, 15) is 10.1 Å². The lowest BCUT2D eigenvalue weighted by molar-refractivity contribution is -0.769. The molecule has 2 atom stereocenters. The molecule has 0 spiro atoms. The van der Waals surface area contributed by atoms with Gasteiger partial charge in [-0.25, -0.2) is 0 Å². The minimum Gasteiger partial charge on any atom is -0.391 e. The zero-order valence-corrected chi connectivity index (χ0v) is 5.27. The summed E-state index contributed by atoms with van der Waals surface area (Å²) in [4.78, 5) is 13.6. The van der Waals surface area contributed by atoms with E-state index in [2.05, 4.69) is 4.84 Å². The molecule has 5 heteroatoms. The molecule has 9 heavy (non-hydrogen) atoms.